The predicted molar refractivity (Wildman–Crippen MR) is 85.7 cm³/mol. The molecule has 1 amide bonds. The molecule has 0 spiro atoms. The summed E-state index contributed by atoms with van der Waals surface area (Å²) in [5.74, 6) is -0.194. The number of hydrogen-bond donors (Lipinski definition) is 2. The monoisotopic (exact) mass is 314 g/mol. The Morgan fingerprint density at radius 3 is 2.70 bits per heavy atom. The smallest absolute Gasteiger partial charge is 0.337 e. The van der Waals surface area contributed by atoms with Gasteiger partial charge in [0.2, 0.25) is 0 Å². The first-order valence-electron chi connectivity index (χ1n) is 7.19. The average molecular weight is 314 g/mol. The number of aromatic nitrogens is 2. The Balaban J connectivity index is 2.06. The number of benzene rings is 1. The van der Waals surface area contributed by atoms with Crippen LogP contribution < -0.4 is 10.6 Å². The van der Waals surface area contributed by atoms with Crippen LogP contribution >= 0.6 is 0 Å². The second-order valence-electron chi connectivity index (χ2n) is 4.74. The third-order valence-corrected chi connectivity index (χ3v) is 2.98. The standard InChI is InChI=1S/C16H18N4O3/c1-3-7-17-15(21)13-9-19-14(10-18-13)20-12-6-4-5-11(8-12)16(22)23-2/h4-6,8-10H,3,7H2,1-2H3,(H,17,21)(H,19,20). The highest BCUT2D eigenvalue weighted by molar-refractivity contribution is 5.92. The van der Waals surface area contributed by atoms with Crippen LogP contribution in [-0.4, -0.2) is 35.5 Å². The van der Waals surface area contributed by atoms with Gasteiger partial charge in [0.25, 0.3) is 5.91 Å². The van der Waals surface area contributed by atoms with Crippen molar-refractivity contribution >= 4 is 23.4 Å². The number of anilines is 2. The van der Waals surface area contributed by atoms with E-state index in [2.05, 4.69) is 25.3 Å². The van der Waals surface area contributed by atoms with Crippen molar-refractivity contribution in [2.24, 2.45) is 0 Å². The molecule has 0 unspecified atom stereocenters. The third-order valence-electron chi connectivity index (χ3n) is 2.98. The van der Waals surface area contributed by atoms with E-state index in [1.54, 1.807) is 24.3 Å². The van der Waals surface area contributed by atoms with E-state index >= 15 is 0 Å². The largest absolute Gasteiger partial charge is 0.465 e. The van der Waals surface area contributed by atoms with Gasteiger partial charge < -0.3 is 15.4 Å². The van der Waals surface area contributed by atoms with Crippen LogP contribution in [0.3, 0.4) is 0 Å². The number of nitrogens with zero attached hydrogens (tertiary/aromatic N) is 2. The first-order chi connectivity index (χ1) is 11.1. The number of carbonyl (C=O) groups excluding carboxylic acids is 2. The highest BCUT2D eigenvalue weighted by atomic mass is 16.5. The molecular formula is C16H18N4O3. The minimum absolute atomic E-state index is 0.251. The van der Waals surface area contributed by atoms with Gasteiger partial charge in [-0.2, -0.15) is 0 Å². The molecule has 7 nitrogen and oxygen atoms in total. The van der Waals surface area contributed by atoms with Crippen molar-refractivity contribution in [2.75, 3.05) is 19.0 Å². The SMILES string of the molecule is CCCNC(=O)c1cnc(Nc2cccc(C(=O)OC)c2)cn1. The molecule has 0 saturated heterocycles. The van der Waals surface area contributed by atoms with Gasteiger partial charge in [-0.25, -0.2) is 14.8 Å². The normalized spacial score (nSPS) is 10.0. The summed E-state index contributed by atoms with van der Waals surface area (Å²) in [4.78, 5) is 31.5. The van der Waals surface area contributed by atoms with Gasteiger partial charge in [0.05, 0.1) is 25.1 Å². The maximum Gasteiger partial charge on any atom is 0.337 e. The topological polar surface area (TPSA) is 93.2 Å². The Morgan fingerprint density at radius 1 is 1.22 bits per heavy atom. The van der Waals surface area contributed by atoms with Gasteiger partial charge in [-0.05, 0) is 24.6 Å². The van der Waals surface area contributed by atoms with Crippen molar-refractivity contribution in [1.29, 1.82) is 0 Å². The molecule has 0 fully saturated rings. The van der Waals surface area contributed by atoms with E-state index in [0.717, 1.165) is 6.42 Å². The molecule has 2 aromatic rings. The van der Waals surface area contributed by atoms with Crippen LogP contribution in [0.15, 0.2) is 36.7 Å². The lowest BCUT2D eigenvalue weighted by Crippen LogP contribution is -2.25. The number of methoxy groups -OCH3 is 1. The molecule has 23 heavy (non-hydrogen) atoms. The van der Waals surface area contributed by atoms with Gasteiger partial charge in [0, 0.05) is 12.2 Å². The van der Waals surface area contributed by atoms with Crippen LogP contribution in [0.1, 0.15) is 34.2 Å². The predicted octanol–water partition coefficient (Wildman–Crippen LogP) is 2.15. The van der Waals surface area contributed by atoms with Crippen molar-refractivity contribution < 1.29 is 14.3 Å². The van der Waals surface area contributed by atoms with Gasteiger partial charge in [-0.3, -0.25) is 4.79 Å². The second-order valence-corrected chi connectivity index (χ2v) is 4.74. The summed E-state index contributed by atoms with van der Waals surface area (Å²) in [6.07, 6.45) is 3.72. The Labute approximate surface area is 134 Å². The first-order valence-corrected chi connectivity index (χ1v) is 7.19. The van der Waals surface area contributed by atoms with Crippen molar-refractivity contribution in [1.82, 2.24) is 15.3 Å². The molecule has 0 saturated carbocycles. The summed E-state index contributed by atoms with van der Waals surface area (Å²) >= 11 is 0. The fourth-order valence-corrected chi connectivity index (χ4v) is 1.83. The highest BCUT2D eigenvalue weighted by Crippen LogP contribution is 2.16. The van der Waals surface area contributed by atoms with Gasteiger partial charge in [0.1, 0.15) is 11.5 Å². The lowest BCUT2D eigenvalue weighted by atomic mass is 10.2. The molecule has 2 N–H and O–H groups in total. The minimum atomic E-state index is -0.414. The quantitative estimate of drug-likeness (QED) is 0.794. The average Bonchev–Trinajstić information content (AvgIpc) is 2.59. The second kappa shape index (κ2) is 7.88. The van der Waals surface area contributed by atoms with E-state index in [1.165, 1.54) is 19.5 Å². The van der Waals surface area contributed by atoms with Crippen LogP contribution in [0.25, 0.3) is 0 Å². The molecule has 1 aromatic heterocycles. The number of nitrogens with one attached hydrogen (secondary N) is 2. The van der Waals surface area contributed by atoms with Gasteiger partial charge in [-0.1, -0.05) is 13.0 Å². The van der Waals surface area contributed by atoms with E-state index in [-0.39, 0.29) is 11.6 Å². The number of esters is 1. The van der Waals surface area contributed by atoms with Crippen LogP contribution in [0, 0.1) is 0 Å². The summed E-state index contributed by atoms with van der Waals surface area (Å²) in [5, 5.41) is 5.75. The molecule has 0 atom stereocenters. The molecule has 0 radical (unpaired) electrons. The first kappa shape index (κ1) is 16.4. The van der Waals surface area contributed by atoms with Crippen LogP contribution in [-0.2, 0) is 4.74 Å². The van der Waals surface area contributed by atoms with E-state index < -0.39 is 5.97 Å². The molecule has 2 rings (SSSR count). The molecule has 0 bridgehead atoms. The highest BCUT2D eigenvalue weighted by Gasteiger charge is 2.08. The van der Waals surface area contributed by atoms with Crippen molar-refractivity contribution in [3.8, 4) is 0 Å². The maximum atomic E-state index is 11.7. The number of hydrogen-bond acceptors (Lipinski definition) is 6. The Hall–Kier alpha value is -2.96. The van der Waals surface area contributed by atoms with Crippen LogP contribution in [0.5, 0.6) is 0 Å². The Bertz CT molecular complexity index is 686. The summed E-state index contributed by atoms with van der Waals surface area (Å²) in [5.41, 5.74) is 1.36. The van der Waals surface area contributed by atoms with Crippen LogP contribution in [0.2, 0.25) is 0 Å². The number of carbonyl (C=O) groups is 2. The molecular weight excluding hydrogens is 296 g/mol. The fourth-order valence-electron chi connectivity index (χ4n) is 1.83. The van der Waals surface area contributed by atoms with E-state index in [4.69, 9.17) is 0 Å². The molecule has 1 heterocycles. The van der Waals surface area contributed by atoms with Crippen molar-refractivity contribution in [3.05, 3.63) is 47.9 Å². The Morgan fingerprint density at radius 2 is 2.04 bits per heavy atom. The lowest BCUT2D eigenvalue weighted by Gasteiger charge is -2.07. The molecule has 120 valence electrons. The summed E-state index contributed by atoms with van der Waals surface area (Å²) < 4.78 is 4.68. The molecule has 0 aliphatic heterocycles. The minimum Gasteiger partial charge on any atom is -0.465 e. The summed E-state index contributed by atoms with van der Waals surface area (Å²) in [7, 11) is 1.33. The van der Waals surface area contributed by atoms with Gasteiger partial charge in [-0.15, -0.1) is 0 Å². The zero-order chi connectivity index (χ0) is 16.7. The number of rotatable bonds is 6. The van der Waals surface area contributed by atoms with E-state index in [0.29, 0.717) is 23.6 Å². The van der Waals surface area contributed by atoms with E-state index in [9.17, 15) is 9.59 Å². The van der Waals surface area contributed by atoms with Gasteiger partial charge in [0.15, 0.2) is 0 Å². The number of ether oxygens (including phenoxy) is 1. The molecule has 1 aromatic carbocycles. The number of amides is 1. The van der Waals surface area contributed by atoms with Crippen LogP contribution in [0.4, 0.5) is 11.5 Å². The zero-order valence-corrected chi connectivity index (χ0v) is 13.0. The zero-order valence-electron chi connectivity index (χ0n) is 13.0. The van der Waals surface area contributed by atoms with Crippen molar-refractivity contribution in [3.63, 3.8) is 0 Å². The molecule has 0 aliphatic rings. The lowest BCUT2D eigenvalue weighted by molar-refractivity contribution is 0.0600. The van der Waals surface area contributed by atoms with Crippen molar-refractivity contribution in [2.45, 2.75) is 13.3 Å². The Kier molecular flexibility index (Phi) is 5.62. The van der Waals surface area contributed by atoms with Gasteiger partial charge >= 0.3 is 5.97 Å². The van der Waals surface area contributed by atoms with E-state index in [1.807, 2.05) is 6.92 Å². The molecule has 0 aliphatic carbocycles. The molecule has 7 heteroatoms. The third kappa shape index (κ3) is 4.50. The summed E-state index contributed by atoms with van der Waals surface area (Å²) in [6, 6.07) is 6.82. The fraction of sp³-hybridized carbons (Fsp3) is 0.250. The summed E-state index contributed by atoms with van der Waals surface area (Å²) in [6.45, 7) is 2.57. The maximum absolute atomic E-state index is 11.7.